The predicted molar refractivity (Wildman–Crippen MR) is 143 cm³/mol. The van der Waals surface area contributed by atoms with Crippen LogP contribution in [0.1, 0.15) is 89.5 Å². The van der Waals surface area contributed by atoms with Crippen molar-refractivity contribution in [1.29, 1.82) is 0 Å². The highest BCUT2D eigenvalue weighted by molar-refractivity contribution is 7.91. The largest absolute Gasteiger partial charge is 0.379 e. The monoisotopic (exact) mass is 516 g/mol. The van der Waals surface area contributed by atoms with E-state index >= 15 is 0 Å². The number of aromatic nitrogens is 1. The Labute approximate surface area is 215 Å². The first-order valence-corrected chi connectivity index (χ1v) is 15.6. The number of hydrogen-bond acceptors (Lipinski definition) is 5. The molecule has 1 aromatic heterocycles. The fraction of sp³-hybridized carbons (Fsp3) is 0.679. The van der Waals surface area contributed by atoms with Crippen LogP contribution in [0.5, 0.6) is 0 Å². The van der Waals surface area contributed by atoms with Crippen LogP contribution in [0.4, 0.5) is 0 Å². The smallest absolute Gasteiger partial charge is 0.270 e. The number of benzene rings is 1. The maximum atomic E-state index is 13.6. The molecule has 0 radical (unpaired) electrons. The van der Waals surface area contributed by atoms with Crippen LogP contribution >= 0.6 is 11.3 Å². The predicted octanol–water partition coefficient (Wildman–Crippen LogP) is 6.30. The van der Waals surface area contributed by atoms with Gasteiger partial charge in [-0.2, -0.15) is 4.31 Å². The SMILES string of the molecule is CC(C)(C)c1cc(-c2sc(S(=O)(=O)N3CCOCC3)nc2CC2CCCCC2)cc(C2(C)CC2)c1. The first-order valence-electron chi connectivity index (χ1n) is 13.3. The summed E-state index contributed by atoms with van der Waals surface area (Å²) in [5, 5.41) is 0. The van der Waals surface area contributed by atoms with E-state index < -0.39 is 10.0 Å². The van der Waals surface area contributed by atoms with Crippen molar-refractivity contribution in [3.8, 4) is 10.4 Å². The summed E-state index contributed by atoms with van der Waals surface area (Å²) in [7, 11) is -3.62. The Morgan fingerprint density at radius 2 is 1.77 bits per heavy atom. The summed E-state index contributed by atoms with van der Waals surface area (Å²) in [6, 6.07) is 6.99. The Morgan fingerprint density at radius 3 is 2.40 bits per heavy atom. The zero-order valence-electron chi connectivity index (χ0n) is 21.7. The van der Waals surface area contributed by atoms with E-state index in [2.05, 4.69) is 45.9 Å². The maximum absolute atomic E-state index is 13.6. The van der Waals surface area contributed by atoms with Gasteiger partial charge in [-0.15, -0.1) is 11.3 Å². The highest BCUT2D eigenvalue weighted by Gasteiger charge is 2.40. The first-order chi connectivity index (χ1) is 16.6. The number of morpholine rings is 1. The topological polar surface area (TPSA) is 59.5 Å². The number of rotatable bonds is 6. The fourth-order valence-electron chi connectivity index (χ4n) is 5.38. The van der Waals surface area contributed by atoms with Gasteiger partial charge in [0.15, 0.2) is 0 Å². The lowest BCUT2D eigenvalue weighted by atomic mass is 9.82. The van der Waals surface area contributed by atoms with Gasteiger partial charge in [0.05, 0.1) is 23.8 Å². The van der Waals surface area contributed by atoms with Crippen molar-refractivity contribution in [3.63, 3.8) is 0 Å². The van der Waals surface area contributed by atoms with Crippen LogP contribution < -0.4 is 0 Å². The van der Waals surface area contributed by atoms with Gasteiger partial charge in [-0.25, -0.2) is 13.4 Å². The molecule has 3 aliphatic rings. The Bertz CT molecular complexity index is 1140. The molecule has 0 amide bonds. The second-order valence-electron chi connectivity index (χ2n) is 12.1. The third kappa shape index (κ3) is 5.39. The summed E-state index contributed by atoms with van der Waals surface area (Å²) in [5.41, 5.74) is 5.08. The van der Waals surface area contributed by atoms with Crippen LogP contribution in [0.3, 0.4) is 0 Å². The summed E-state index contributed by atoms with van der Waals surface area (Å²) in [6.45, 7) is 10.8. The molecule has 192 valence electrons. The molecule has 1 aromatic carbocycles. The van der Waals surface area contributed by atoms with Crippen molar-refractivity contribution >= 4 is 21.4 Å². The van der Waals surface area contributed by atoms with Gasteiger partial charge < -0.3 is 4.74 Å². The molecular weight excluding hydrogens is 476 g/mol. The quantitative estimate of drug-likeness (QED) is 0.452. The summed E-state index contributed by atoms with van der Waals surface area (Å²) in [6.07, 6.45) is 9.59. The van der Waals surface area contributed by atoms with Gasteiger partial charge in [0.2, 0.25) is 4.34 Å². The molecule has 0 bridgehead atoms. The summed E-state index contributed by atoms with van der Waals surface area (Å²) in [5.74, 6) is 0.592. The van der Waals surface area contributed by atoms with Crippen LogP contribution in [0, 0.1) is 5.92 Å². The van der Waals surface area contributed by atoms with E-state index in [0.29, 0.717) is 32.2 Å². The molecule has 1 saturated heterocycles. The lowest BCUT2D eigenvalue weighted by Gasteiger charge is -2.24. The molecule has 5 rings (SSSR count). The fourth-order valence-corrected chi connectivity index (χ4v) is 8.26. The van der Waals surface area contributed by atoms with Crippen LogP contribution in [0.2, 0.25) is 0 Å². The number of sulfonamides is 1. The van der Waals surface area contributed by atoms with Gasteiger partial charge in [-0.1, -0.05) is 65.9 Å². The van der Waals surface area contributed by atoms with Crippen LogP contribution in [-0.2, 0) is 32.0 Å². The molecular formula is C28H40N2O3S2. The van der Waals surface area contributed by atoms with Gasteiger partial charge in [0, 0.05) is 13.1 Å². The second-order valence-corrected chi connectivity index (χ2v) is 15.2. The maximum Gasteiger partial charge on any atom is 0.270 e. The summed E-state index contributed by atoms with van der Waals surface area (Å²) in [4.78, 5) is 5.93. The molecule has 1 aliphatic heterocycles. The van der Waals surface area contributed by atoms with E-state index in [0.717, 1.165) is 22.6 Å². The molecule has 0 atom stereocenters. The number of thiazole rings is 1. The Balaban J connectivity index is 1.60. The average molecular weight is 517 g/mol. The van der Waals surface area contributed by atoms with Gasteiger partial charge in [0.25, 0.3) is 10.0 Å². The first kappa shape index (κ1) is 25.4. The third-order valence-electron chi connectivity index (χ3n) is 8.17. The van der Waals surface area contributed by atoms with Crippen molar-refractivity contribution in [2.45, 2.75) is 94.2 Å². The molecule has 0 spiro atoms. The molecule has 2 aliphatic carbocycles. The molecule has 2 aromatic rings. The molecule has 0 unspecified atom stereocenters. The van der Waals surface area contributed by atoms with E-state index in [4.69, 9.17) is 9.72 Å². The lowest BCUT2D eigenvalue weighted by molar-refractivity contribution is 0.0730. The number of ether oxygens (including phenoxy) is 1. The highest BCUT2D eigenvalue weighted by atomic mass is 32.2. The van der Waals surface area contributed by atoms with Gasteiger partial charge >= 0.3 is 0 Å². The molecule has 35 heavy (non-hydrogen) atoms. The van der Waals surface area contributed by atoms with E-state index in [1.54, 1.807) is 4.31 Å². The minimum Gasteiger partial charge on any atom is -0.379 e. The van der Waals surface area contributed by atoms with Gasteiger partial charge in [-0.05, 0) is 64.8 Å². The van der Waals surface area contributed by atoms with Crippen LogP contribution in [-0.4, -0.2) is 44.0 Å². The molecule has 2 heterocycles. The average Bonchev–Trinajstić information content (AvgIpc) is 3.45. The Morgan fingerprint density at radius 1 is 1.09 bits per heavy atom. The van der Waals surface area contributed by atoms with Crippen LogP contribution in [0.15, 0.2) is 22.5 Å². The Hall–Kier alpha value is -1.28. The van der Waals surface area contributed by atoms with Crippen molar-refractivity contribution < 1.29 is 13.2 Å². The second kappa shape index (κ2) is 9.55. The standard InChI is InChI=1S/C28H40N2O3S2/c1-27(2,3)22-17-21(18-23(19-22)28(4)10-11-28)25-24(16-20-8-6-5-7-9-20)29-26(34-25)35(31,32)30-12-14-33-15-13-30/h17-20H,5-16H2,1-4H3. The van der Waals surface area contributed by atoms with Crippen LogP contribution in [0.25, 0.3) is 10.4 Å². The van der Waals surface area contributed by atoms with Crippen molar-refractivity contribution in [3.05, 3.63) is 35.0 Å². The van der Waals surface area contributed by atoms with E-state index in [1.807, 2.05) is 0 Å². The number of hydrogen-bond donors (Lipinski definition) is 0. The molecule has 7 heteroatoms. The minimum absolute atomic E-state index is 0.0208. The van der Waals surface area contributed by atoms with E-state index in [-0.39, 0.29) is 15.2 Å². The summed E-state index contributed by atoms with van der Waals surface area (Å²) < 4.78 is 34.3. The Kier molecular flexibility index (Phi) is 6.92. The normalized spacial score (nSPS) is 21.8. The zero-order valence-corrected chi connectivity index (χ0v) is 23.4. The number of nitrogens with zero attached hydrogens (tertiary/aromatic N) is 2. The van der Waals surface area contributed by atoms with Crippen molar-refractivity contribution in [1.82, 2.24) is 9.29 Å². The van der Waals surface area contributed by atoms with Gasteiger partial charge in [-0.3, -0.25) is 0 Å². The highest BCUT2D eigenvalue weighted by Crippen LogP contribution is 2.50. The van der Waals surface area contributed by atoms with Crippen molar-refractivity contribution in [2.24, 2.45) is 5.92 Å². The molecule has 2 saturated carbocycles. The zero-order chi connectivity index (χ0) is 24.8. The lowest BCUT2D eigenvalue weighted by Crippen LogP contribution is -2.40. The van der Waals surface area contributed by atoms with Crippen molar-refractivity contribution in [2.75, 3.05) is 26.3 Å². The third-order valence-corrected chi connectivity index (χ3v) is 11.6. The minimum atomic E-state index is -3.62. The van der Waals surface area contributed by atoms with E-state index in [1.165, 1.54) is 67.4 Å². The van der Waals surface area contributed by atoms with Gasteiger partial charge in [0.1, 0.15) is 0 Å². The summed E-state index contributed by atoms with van der Waals surface area (Å²) >= 11 is 1.38. The molecule has 5 nitrogen and oxygen atoms in total. The molecule has 0 N–H and O–H groups in total. The van der Waals surface area contributed by atoms with E-state index in [9.17, 15) is 8.42 Å². The molecule has 3 fully saturated rings.